The van der Waals surface area contributed by atoms with Gasteiger partial charge in [-0.25, -0.2) is 4.79 Å². The number of ether oxygens (including phenoxy) is 1. The van der Waals surface area contributed by atoms with Crippen molar-refractivity contribution in [1.82, 2.24) is 20.4 Å². The third kappa shape index (κ3) is 5.46. The van der Waals surface area contributed by atoms with Gasteiger partial charge in [0.25, 0.3) is 0 Å². The molecule has 0 radical (unpaired) electrons. The lowest BCUT2D eigenvalue weighted by Crippen LogP contribution is -2.36. The van der Waals surface area contributed by atoms with E-state index in [9.17, 15) is 4.79 Å². The fourth-order valence-corrected chi connectivity index (χ4v) is 2.73. The van der Waals surface area contributed by atoms with E-state index >= 15 is 0 Å². The number of hydrogen-bond acceptors (Lipinski definition) is 4. The number of methoxy groups -OCH3 is 1. The number of benzene rings is 1. The number of urea groups is 1. The van der Waals surface area contributed by atoms with Gasteiger partial charge in [0.1, 0.15) is 5.69 Å². The summed E-state index contributed by atoms with van der Waals surface area (Å²) in [4.78, 5) is 12.0. The number of carbonyl (C=O) groups is 1. The molecule has 2 amide bonds. The zero-order valence-corrected chi connectivity index (χ0v) is 15.4. The van der Waals surface area contributed by atoms with Gasteiger partial charge in [-0.1, -0.05) is 30.3 Å². The van der Waals surface area contributed by atoms with Gasteiger partial charge in [-0.3, -0.25) is 4.68 Å². The highest BCUT2D eigenvalue weighted by molar-refractivity contribution is 5.73. The lowest BCUT2D eigenvalue weighted by atomic mass is 10.1. The van der Waals surface area contributed by atoms with Crippen molar-refractivity contribution in [3.8, 4) is 11.5 Å². The molecule has 0 aliphatic heterocycles. The molecule has 0 spiro atoms. The molecule has 0 aliphatic carbocycles. The average Bonchev–Trinajstić information content (AvgIpc) is 3.35. The highest BCUT2D eigenvalue weighted by Gasteiger charge is 2.12. The van der Waals surface area contributed by atoms with Crippen LogP contribution in [-0.2, 0) is 24.2 Å². The van der Waals surface area contributed by atoms with Crippen molar-refractivity contribution in [2.75, 3.05) is 20.3 Å². The summed E-state index contributed by atoms with van der Waals surface area (Å²) in [5.41, 5.74) is 2.81. The molecule has 2 N–H and O–H groups in total. The van der Waals surface area contributed by atoms with Crippen molar-refractivity contribution in [3.63, 3.8) is 0 Å². The Morgan fingerprint density at radius 3 is 2.78 bits per heavy atom. The second kappa shape index (κ2) is 9.59. The smallest absolute Gasteiger partial charge is 0.315 e. The predicted molar refractivity (Wildman–Crippen MR) is 102 cm³/mol. The summed E-state index contributed by atoms with van der Waals surface area (Å²) < 4.78 is 12.4. The van der Waals surface area contributed by atoms with Gasteiger partial charge >= 0.3 is 6.03 Å². The Morgan fingerprint density at radius 2 is 2.04 bits per heavy atom. The minimum atomic E-state index is -0.211. The van der Waals surface area contributed by atoms with Gasteiger partial charge in [0, 0.05) is 13.7 Å². The Kier molecular flexibility index (Phi) is 6.65. The molecule has 1 aromatic carbocycles. The van der Waals surface area contributed by atoms with E-state index in [-0.39, 0.29) is 6.03 Å². The van der Waals surface area contributed by atoms with Crippen molar-refractivity contribution in [1.29, 1.82) is 0 Å². The van der Waals surface area contributed by atoms with E-state index < -0.39 is 0 Å². The van der Waals surface area contributed by atoms with Crippen LogP contribution in [0.1, 0.15) is 11.3 Å². The maximum absolute atomic E-state index is 12.0. The lowest BCUT2D eigenvalue weighted by molar-refractivity contribution is 0.183. The van der Waals surface area contributed by atoms with E-state index in [1.807, 2.05) is 53.2 Å². The van der Waals surface area contributed by atoms with Crippen molar-refractivity contribution in [2.45, 2.75) is 19.5 Å². The SMILES string of the molecule is COCCn1nc(CNC(=O)NCCc2ccccc2)cc1-c1ccco1. The minimum Gasteiger partial charge on any atom is -0.463 e. The third-order valence-electron chi connectivity index (χ3n) is 4.08. The number of rotatable bonds is 9. The van der Waals surface area contributed by atoms with Crippen LogP contribution in [0.25, 0.3) is 11.5 Å². The molecule has 0 aliphatic rings. The van der Waals surface area contributed by atoms with Crippen molar-refractivity contribution in [2.24, 2.45) is 0 Å². The lowest BCUT2D eigenvalue weighted by Gasteiger charge is -2.06. The molecule has 0 saturated heterocycles. The Hall–Kier alpha value is -3.06. The van der Waals surface area contributed by atoms with Crippen LogP contribution >= 0.6 is 0 Å². The van der Waals surface area contributed by atoms with E-state index in [4.69, 9.17) is 9.15 Å². The molecule has 2 aromatic heterocycles. The monoisotopic (exact) mass is 368 g/mol. The minimum absolute atomic E-state index is 0.211. The number of hydrogen-bond donors (Lipinski definition) is 2. The molecule has 0 atom stereocenters. The van der Waals surface area contributed by atoms with Crippen LogP contribution in [0.2, 0.25) is 0 Å². The third-order valence-corrected chi connectivity index (χ3v) is 4.08. The first-order valence-corrected chi connectivity index (χ1v) is 8.91. The van der Waals surface area contributed by atoms with Crippen LogP contribution in [-0.4, -0.2) is 36.1 Å². The van der Waals surface area contributed by atoms with Gasteiger partial charge < -0.3 is 19.8 Å². The molecular weight excluding hydrogens is 344 g/mol. The first kappa shape index (κ1) is 18.7. The van der Waals surface area contributed by atoms with E-state index in [0.29, 0.717) is 26.2 Å². The van der Waals surface area contributed by atoms with Crippen LogP contribution in [0.4, 0.5) is 4.79 Å². The average molecular weight is 368 g/mol. The largest absolute Gasteiger partial charge is 0.463 e. The van der Waals surface area contributed by atoms with Gasteiger partial charge in [0.2, 0.25) is 0 Å². The Bertz CT molecular complexity index is 828. The molecule has 0 saturated carbocycles. The quantitative estimate of drug-likeness (QED) is 0.609. The second-order valence-corrected chi connectivity index (χ2v) is 6.06. The summed E-state index contributed by atoms with van der Waals surface area (Å²) in [7, 11) is 1.65. The maximum Gasteiger partial charge on any atom is 0.315 e. The summed E-state index contributed by atoms with van der Waals surface area (Å²) >= 11 is 0. The molecule has 142 valence electrons. The molecule has 3 rings (SSSR count). The van der Waals surface area contributed by atoms with Crippen LogP contribution in [0.5, 0.6) is 0 Å². The molecule has 0 fully saturated rings. The summed E-state index contributed by atoms with van der Waals surface area (Å²) in [6.45, 7) is 2.07. The van der Waals surface area contributed by atoms with Gasteiger partial charge in [0.15, 0.2) is 5.76 Å². The van der Waals surface area contributed by atoms with Gasteiger partial charge in [-0.05, 0) is 30.2 Å². The maximum atomic E-state index is 12.0. The highest BCUT2D eigenvalue weighted by Crippen LogP contribution is 2.21. The molecule has 7 heteroatoms. The van der Waals surface area contributed by atoms with E-state index in [1.54, 1.807) is 13.4 Å². The summed E-state index contributed by atoms with van der Waals surface area (Å²) in [5, 5.41) is 10.2. The van der Waals surface area contributed by atoms with Gasteiger partial charge in [-0.15, -0.1) is 0 Å². The number of nitrogens with one attached hydrogen (secondary N) is 2. The normalized spacial score (nSPS) is 10.7. The van der Waals surface area contributed by atoms with Gasteiger partial charge in [-0.2, -0.15) is 5.10 Å². The first-order valence-electron chi connectivity index (χ1n) is 8.91. The van der Waals surface area contributed by atoms with Crippen LogP contribution in [0.15, 0.2) is 59.2 Å². The first-order chi connectivity index (χ1) is 13.3. The summed E-state index contributed by atoms with van der Waals surface area (Å²) in [6, 6.07) is 15.5. The van der Waals surface area contributed by atoms with Crippen molar-refractivity contribution >= 4 is 6.03 Å². The number of furan rings is 1. The molecule has 7 nitrogen and oxygen atoms in total. The highest BCUT2D eigenvalue weighted by atomic mass is 16.5. The van der Waals surface area contributed by atoms with E-state index in [2.05, 4.69) is 15.7 Å². The Labute approximate surface area is 158 Å². The van der Waals surface area contributed by atoms with Crippen LogP contribution in [0, 0.1) is 0 Å². The zero-order chi connectivity index (χ0) is 18.9. The van der Waals surface area contributed by atoms with Crippen LogP contribution in [0.3, 0.4) is 0 Å². The number of amides is 2. The molecule has 27 heavy (non-hydrogen) atoms. The van der Waals surface area contributed by atoms with E-state index in [0.717, 1.165) is 23.6 Å². The summed E-state index contributed by atoms with van der Waals surface area (Å²) in [5.74, 6) is 0.733. The Morgan fingerprint density at radius 1 is 1.19 bits per heavy atom. The topological polar surface area (TPSA) is 81.3 Å². The Balaban J connectivity index is 1.51. The molecule has 0 unspecified atom stereocenters. The molecule has 2 heterocycles. The number of nitrogens with zero attached hydrogens (tertiary/aromatic N) is 2. The molecule has 3 aromatic rings. The van der Waals surface area contributed by atoms with Crippen LogP contribution < -0.4 is 10.6 Å². The number of carbonyl (C=O) groups excluding carboxylic acids is 1. The fraction of sp³-hybridized carbons (Fsp3) is 0.300. The van der Waals surface area contributed by atoms with Crippen molar-refractivity contribution < 1.29 is 13.9 Å². The second-order valence-electron chi connectivity index (χ2n) is 6.06. The predicted octanol–water partition coefficient (Wildman–Crippen LogP) is 2.83. The van der Waals surface area contributed by atoms with Gasteiger partial charge in [0.05, 0.1) is 31.7 Å². The zero-order valence-electron chi connectivity index (χ0n) is 15.4. The fourth-order valence-electron chi connectivity index (χ4n) is 2.73. The van der Waals surface area contributed by atoms with E-state index in [1.165, 1.54) is 5.56 Å². The van der Waals surface area contributed by atoms with Crippen molar-refractivity contribution in [3.05, 3.63) is 66.1 Å². The number of aromatic nitrogens is 2. The summed E-state index contributed by atoms with van der Waals surface area (Å²) in [6.07, 6.45) is 2.42. The standard InChI is InChI=1S/C20H24N4O3/c1-26-13-11-24-18(19-8-5-12-27-19)14-17(23-24)15-22-20(25)21-10-9-16-6-3-2-4-7-16/h2-8,12,14H,9-11,13,15H2,1H3,(H2,21,22,25). The molecule has 0 bridgehead atoms. The molecular formula is C20H24N4O3.